The Kier molecular flexibility index (Phi) is 3.10. The smallest absolute Gasteiger partial charge is 0.330 e. The Bertz CT molecular complexity index is 557. The van der Waals surface area contributed by atoms with Crippen LogP contribution in [0, 0.1) is 0 Å². The number of hydrogen-bond acceptors (Lipinski definition) is 2. The van der Waals surface area contributed by atoms with Crippen molar-refractivity contribution >= 4 is 38.9 Å². The van der Waals surface area contributed by atoms with Gasteiger partial charge in [0.1, 0.15) is 0 Å². The summed E-state index contributed by atoms with van der Waals surface area (Å²) in [5.41, 5.74) is 1.99. The molecule has 4 heteroatoms. The number of carbonyl (C=O) groups excluding carboxylic acids is 1. The highest BCUT2D eigenvalue weighted by Crippen LogP contribution is 2.23. The highest BCUT2D eigenvalue weighted by atomic mass is 79.9. The zero-order chi connectivity index (χ0) is 11.5. The van der Waals surface area contributed by atoms with Gasteiger partial charge in [0, 0.05) is 33.2 Å². The van der Waals surface area contributed by atoms with Gasteiger partial charge in [0.2, 0.25) is 0 Å². The van der Waals surface area contributed by atoms with E-state index in [0.717, 1.165) is 20.9 Å². The van der Waals surface area contributed by atoms with Gasteiger partial charge in [-0.25, -0.2) is 4.79 Å². The molecule has 0 fully saturated rings. The van der Waals surface area contributed by atoms with Crippen molar-refractivity contribution in [1.29, 1.82) is 0 Å². The molecule has 0 saturated heterocycles. The molecule has 1 aromatic heterocycles. The van der Waals surface area contributed by atoms with Crippen LogP contribution in [0.2, 0.25) is 0 Å². The minimum atomic E-state index is -0.355. The molecular weight excluding hydrogens is 270 g/mol. The molecule has 16 heavy (non-hydrogen) atoms. The van der Waals surface area contributed by atoms with Crippen LogP contribution in [-0.2, 0) is 9.53 Å². The second-order valence-electron chi connectivity index (χ2n) is 3.29. The van der Waals surface area contributed by atoms with E-state index in [1.807, 2.05) is 24.4 Å². The van der Waals surface area contributed by atoms with Crippen molar-refractivity contribution in [2.75, 3.05) is 7.11 Å². The number of halogens is 1. The van der Waals surface area contributed by atoms with E-state index >= 15 is 0 Å². The summed E-state index contributed by atoms with van der Waals surface area (Å²) in [7, 11) is 1.36. The maximum absolute atomic E-state index is 11.0. The number of methoxy groups -OCH3 is 1. The number of aromatic amines is 1. The molecule has 0 bridgehead atoms. The third kappa shape index (κ3) is 2.17. The highest BCUT2D eigenvalue weighted by molar-refractivity contribution is 9.10. The third-order valence-corrected chi connectivity index (χ3v) is 2.77. The van der Waals surface area contributed by atoms with E-state index in [9.17, 15) is 4.79 Å². The molecule has 1 N–H and O–H groups in total. The Morgan fingerprint density at radius 3 is 3.06 bits per heavy atom. The summed E-state index contributed by atoms with van der Waals surface area (Å²) in [6.07, 6.45) is 5.00. The van der Waals surface area contributed by atoms with Crippen LogP contribution in [-0.4, -0.2) is 18.1 Å². The summed E-state index contributed by atoms with van der Waals surface area (Å²) in [6, 6.07) is 5.95. The quantitative estimate of drug-likeness (QED) is 0.678. The average Bonchev–Trinajstić information content (AvgIpc) is 2.68. The summed E-state index contributed by atoms with van der Waals surface area (Å²) in [5.74, 6) is -0.355. The number of carbonyl (C=O) groups is 1. The summed E-state index contributed by atoms with van der Waals surface area (Å²) in [4.78, 5) is 14.1. The SMILES string of the molecule is COC(=O)/C=C\c1c[nH]c2cc(Br)ccc12. The summed E-state index contributed by atoms with van der Waals surface area (Å²) < 4.78 is 5.56. The monoisotopic (exact) mass is 279 g/mol. The van der Waals surface area contributed by atoms with Gasteiger partial charge in [0.15, 0.2) is 0 Å². The Labute approximate surface area is 101 Å². The van der Waals surface area contributed by atoms with E-state index in [1.54, 1.807) is 6.08 Å². The first kappa shape index (κ1) is 11.0. The minimum Gasteiger partial charge on any atom is -0.466 e. The van der Waals surface area contributed by atoms with Crippen molar-refractivity contribution in [1.82, 2.24) is 4.98 Å². The van der Waals surface area contributed by atoms with Crippen LogP contribution in [0.25, 0.3) is 17.0 Å². The first-order chi connectivity index (χ1) is 7.70. The molecule has 0 aliphatic rings. The van der Waals surface area contributed by atoms with Crippen LogP contribution < -0.4 is 0 Å². The Morgan fingerprint density at radius 1 is 1.50 bits per heavy atom. The molecule has 2 aromatic rings. The Morgan fingerprint density at radius 2 is 2.31 bits per heavy atom. The average molecular weight is 280 g/mol. The lowest BCUT2D eigenvalue weighted by Crippen LogP contribution is -1.92. The zero-order valence-electron chi connectivity index (χ0n) is 8.66. The number of benzene rings is 1. The van der Waals surface area contributed by atoms with Gasteiger partial charge < -0.3 is 9.72 Å². The first-order valence-electron chi connectivity index (χ1n) is 4.73. The van der Waals surface area contributed by atoms with E-state index in [2.05, 4.69) is 25.7 Å². The second kappa shape index (κ2) is 4.53. The van der Waals surface area contributed by atoms with Gasteiger partial charge in [0.25, 0.3) is 0 Å². The van der Waals surface area contributed by atoms with Crippen LogP contribution >= 0.6 is 15.9 Å². The number of fused-ring (bicyclic) bond motifs is 1. The van der Waals surface area contributed by atoms with Crippen LogP contribution in [0.15, 0.2) is 34.9 Å². The van der Waals surface area contributed by atoms with Crippen molar-refractivity contribution in [3.05, 3.63) is 40.5 Å². The number of H-pyrrole nitrogens is 1. The van der Waals surface area contributed by atoms with Gasteiger partial charge in [-0.1, -0.05) is 22.0 Å². The maximum atomic E-state index is 11.0. The summed E-state index contributed by atoms with van der Waals surface area (Å²) >= 11 is 3.40. The van der Waals surface area contributed by atoms with Gasteiger partial charge >= 0.3 is 5.97 Å². The fourth-order valence-corrected chi connectivity index (χ4v) is 1.85. The predicted octanol–water partition coefficient (Wildman–Crippen LogP) is 3.12. The molecule has 0 spiro atoms. The van der Waals surface area contributed by atoms with E-state index in [4.69, 9.17) is 0 Å². The van der Waals surface area contributed by atoms with E-state index in [-0.39, 0.29) is 5.97 Å². The Hall–Kier alpha value is -1.55. The lowest BCUT2D eigenvalue weighted by molar-refractivity contribution is -0.134. The van der Waals surface area contributed by atoms with Crippen molar-refractivity contribution in [3.63, 3.8) is 0 Å². The number of ether oxygens (including phenoxy) is 1. The van der Waals surface area contributed by atoms with Crippen LogP contribution in [0.1, 0.15) is 5.56 Å². The number of rotatable bonds is 2. The molecule has 3 nitrogen and oxygen atoms in total. The topological polar surface area (TPSA) is 42.1 Å². The molecule has 0 saturated carbocycles. The fraction of sp³-hybridized carbons (Fsp3) is 0.0833. The van der Waals surface area contributed by atoms with E-state index in [1.165, 1.54) is 13.2 Å². The predicted molar refractivity (Wildman–Crippen MR) is 67.0 cm³/mol. The second-order valence-corrected chi connectivity index (χ2v) is 4.21. The van der Waals surface area contributed by atoms with Gasteiger partial charge in [-0.05, 0) is 18.2 Å². The molecule has 2 rings (SSSR count). The number of hydrogen-bond donors (Lipinski definition) is 1. The molecule has 82 valence electrons. The van der Waals surface area contributed by atoms with E-state index in [0.29, 0.717) is 0 Å². The van der Waals surface area contributed by atoms with Crippen LogP contribution in [0.3, 0.4) is 0 Å². The Balaban J connectivity index is 2.39. The zero-order valence-corrected chi connectivity index (χ0v) is 10.2. The van der Waals surface area contributed by atoms with Gasteiger partial charge in [-0.15, -0.1) is 0 Å². The molecule has 0 aliphatic heterocycles. The third-order valence-electron chi connectivity index (χ3n) is 2.28. The van der Waals surface area contributed by atoms with Crippen molar-refractivity contribution in [3.8, 4) is 0 Å². The van der Waals surface area contributed by atoms with Gasteiger partial charge in [-0.2, -0.15) is 0 Å². The molecular formula is C12H10BrNO2. The number of aromatic nitrogens is 1. The lowest BCUT2D eigenvalue weighted by atomic mass is 10.1. The van der Waals surface area contributed by atoms with Gasteiger partial charge in [0.05, 0.1) is 7.11 Å². The van der Waals surface area contributed by atoms with Crippen LogP contribution in [0.4, 0.5) is 0 Å². The molecule has 1 aromatic carbocycles. The van der Waals surface area contributed by atoms with Crippen molar-refractivity contribution in [2.24, 2.45) is 0 Å². The first-order valence-corrected chi connectivity index (χ1v) is 5.52. The molecule has 1 heterocycles. The fourth-order valence-electron chi connectivity index (χ4n) is 1.48. The van der Waals surface area contributed by atoms with E-state index < -0.39 is 0 Å². The normalized spacial score (nSPS) is 11.1. The standard InChI is InChI=1S/C12H10BrNO2/c1-16-12(15)5-2-8-7-14-11-6-9(13)3-4-10(8)11/h2-7,14H,1H3/b5-2-. The molecule has 0 amide bonds. The summed E-state index contributed by atoms with van der Waals surface area (Å²) in [6.45, 7) is 0. The van der Waals surface area contributed by atoms with Gasteiger partial charge in [-0.3, -0.25) is 0 Å². The van der Waals surface area contributed by atoms with Crippen molar-refractivity contribution in [2.45, 2.75) is 0 Å². The van der Waals surface area contributed by atoms with Crippen LogP contribution in [0.5, 0.6) is 0 Å². The number of esters is 1. The molecule has 0 aliphatic carbocycles. The lowest BCUT2D eigenvalue weighted by Gasteiger charge is -1.93. The largest absolute Gasteiger partial charge is 0.466 e. The summed E-state index contributed by atoms with van der Waals surface area (Å²) in [5, 5.41) is 1.07. The highest BCUT2D eigenvalue weighted by Gasteiger charge is 2.01. The number of nitrogens with one attached hydrogen (secondary N) is 1. The van der Waals surface area contributed by atoms with Crippen molar-refractivity contribution < 1.29 is 9.53 Å². The molecule has 0 unspecified atom stereocenters. The minimum absolute atomic E-state index is 0.355. The maximum Gasteiger partial charge on any atom is 0.330 e. The molecule has 0 atom stereocenters. The molecule has 0 radical (unpaired) electrons.